The second-order valence-corrected chi connectivity index (χ2v) is 9.29. The van der Waals surface area contributed by atoms with Gasteiger partial charge in [-0.25, -0.2) is 14.6 Å². The number of hydrogen-bond acceptors (Lipinski definition) is 8. The Morgan fingerprint density at radius 2 is 1.89 bits per heavy atom. The molecule has 0 aliphatic carbocycles. The van der Waals surface area contributed by atoms with E-state index in [4.69, 9.17) is 19.9 Å². The zero-order valence-corrected chi connectivity index (χ0v) is 21.3. The fourth-order valence-corrected chi connectivity index (χ4v) is 3.68. The SMILES string of the molecule is COC(=O)Nc1cc(-c2cc(OC)c(OCC(CCC(C)(C)OC(N)=O)CC(C)C)cn2)ccn1. The highest BCUT2D eigenvalue weighted by atomic mass is 16.6. The number of methoxy groups -OCH3 is 2. The van der Waals surface area contributed by atoms with Gasteiger partial charge >= 0.3 is 12.2 Å². The molecule has 0 aliphatic heterocycles. The maximum absolute atomic E-state index is 11.5. The quantitative estimate of drug-likeness (QED) is 0.425. The molecule has 0 bridgehead atoms. The minimum atomic E-state index is -0.773. The maximum Gasteiger partial charge on any atom is 0.412 e. The minimum Gasteiger partial charge on any atom is -0.493 e. The van der Waals surface area contributed by atoms with Gasteiger partial charge in [0.05, 0.1) is 32.7 Å². The second kappa shape index (κ2) is 12.8. The van der Waals surface area contributed by atoms with Gasteiger partial charge in [0, 0.05) is 17.8 Å². The van der Waals surface area contributed by atoms with E-state index in [0.717, 1.165) is 18.4 Å². The first kappa shape index (κ1) is 27.7. The molecule has 0 saturated carbocycles. The van der Waals surface area contributed by atoms with Gasteiger partial charge < -0.3 is 24.7 Å². The molecule has 35 heavy (non-hydrogen) atoms. The molecular weight excluding hydrogens is 452 g/mol. The third kappa shape index (κ3) is 9.30. The third-order valence-electron chi connectivity index (χ3n) is 5.33. The highest BCUT2D eigenvalue weighted by Gasteiger charge is 2.24. The molecule has 0 fully saturated rings. The summed E-state index contributed by atoms with van der Waals surface area (Å²) in [6, 6.07) is 5.24. The van der Waals surface area contributed by atoms with Gasteiger partial charge in [0.1, 0.15) is 11.4 Å². The lowest BCUT2D eigenvalue weighted by molar-refractivity contribution is 0.0313. The maximum atomic E-state index is 11.5. The van der Waals surface area contributed by atoms with Gasteiger partial charge in [0.15, 0.2) is 11.5 Å². The number of carbonyl (C=O) groups is 2. The molecule has 2 rings (SSSR count). The number of pyridine rings is 2. The van der Waals surface area contributed by atoms with Gasteiger partial charge in [-0.1, -0.05) is 13.8 Å². The summed E-state index contributed by atoms with van der Waals surface area (Å²) in [5.41, 5.74) is 5.92. The van der Waals surface area contributed by atoms with Crippen LogP contribution in [0.25, 0.3) is 11.3 Å². The van der Waals surface area contributed by atoms with Crippen LogP contribution in [0.2, 0.25) is 0 Å². The summed E-state index contributed by atoms with van der Waals surface area (Å²) in [6.07, 6.45) is 4.23. The molecule has 3 N–H and O–H groups in total. The first-order chi connectivity index (χ1) is 16.5. The number of nitrogens with zero attached hydrogens (tertiary/aromatic N) is 2. The first-order valence-electron chi connectivity index (χ1n) is 11.5. The van der Waals surface area contributed by atoms with E-state index < -0.39 is 17.8 Å². The van der Waals surface area contributed by atoms with Crippen LogP contribution in [0.5, 0.6) is 11.5 Å². The van der Waals surface area contributed by atoms with Gasteiger partial charge in [0.2, 0.25) is 0 Å². The molecule has 0 aliphatic rings. The Kier molecular flexibility index (Phi) is 10.1. The smallest absolute Gasteiger partial charge is 0.412 e. The van der Waals surface area contributed by atoms with Crippen molar-refractivity contribution in [3.8, 4) is 22.8 Å². The summed E-state index contributed by atoms with van der Waals surface area (Å²) in [7, 11) is 2.85. The molecule has 1 atom stereocenters. The molecule has 2 amide bonds. The van der Waals surface area contributed by atoms with E-state index in [9.17, 15) is 9.59 Å². The number of aromatic nitrogens is 2. The standard InChI is InChI=1S/C25H36N4O6/c1-16(2)11-17(7-9-25(3,4)35-23(26)30)15-34-21-14-28-19(13-20(21)32-5)18-8-10-27-22(12-18)29-24(31)33-6/h8,10,12-14,16-17H,7,9,11,15H2,1-6H3,(H2,26,30)(H,27,29,31). The van der Waals surface area contributed by atoms with E-state index in [0.29, 0.717) is 42.0 Å². The predicted octanol–water partition coefficient (Wildman–Crippen LogP) is 5.03. The topological polar surface area (TPSA) is 135 Å². The molecule has 2 aromatic rings. The normalized spacial score (nSPS) is 12.1. The van der Waals surface area contributed by atoms with E-state index in [1.165, 1.54) is 7.11 Å². The van der Waals surface area contributed by atoms with Crippen LogP contribution in [-0.4, -0.2) is 48.6 Å². The van der Waals surface area contributed by atoms with E-state index in [-0.39, 0.29) is 5.92 Å². The van der Waals surface area contributed by atoms with Crippen molar-refractivity contribution in [2.24, 2.45) is 17.6 Å². The number of amides is 2. The number of rotatable bonds is 12. The molecule has 0 spiro atoms. The minimum absolute atomic E-state index is 0.238. The molecule has 10 heteroatoms. The summed E-state index contributed by atoms with van der Waals surface area (Å²) in [4.78, 5) is 31.2. The largest absolute Gasteiger partial charge is 0.493 e. The van der Waals surface area contributed by atoms with Crippen LogP contribution in [0, 0.1) is 11.8 Å². The predicted molar refractivity (Wildman–Crippen MR) is 132 cm³/mol. The third-order valence-corrected chi connectivity index (χ3v) is 5.33. The van der Waals surface area contributed by atoms with Gasteiger partial charge in [-0.2, -0.15) is 0 Å². The van der Waals surface area contributed by atoms with Crippen molar-refractivity contribution < 1.29 is 28.5 Å². The molecule has 192 valence electrons. The first-order valence-corrected chi connectivity index (χ1v) is 11.5. The summed E-state index contributed by atoms with van der Waals surface area (Å²) in [5.74, 6) is 2.12. The van der Waals surface area contributed by atoms with Crippen LogP contribution in [0.1, 0.15) is 47.0 Å². The fraction of sp³-hybridized carbons (Fsp3) is 0.520. The van der Waals surface area contributed by atoms with Gasteiger partial charge in [-0.05, 0) is 57.1 Å². The monoisotopic (exact) mass is 488 g/mol. The highest BCUT2D eigenvalue weighted by Crippen LogP contribution is 2.32. The average Bonchev–Trinajstić information content (AvgIpc) is 2.79. The Morgan fingerprint density at radius 1 is 1.14 bits per heavy atom. The number of primary amides is 1. The molecule has 2 aromatic heterocycles. The van der Waals surface area contributed by atoms with Crippen molar-refractivity contribution in [3.63, 3.8) is 0 Å². The lowest BCUT2D eigenvalue weighted by Gasteiger charge is -2.27. The van der Waals surface area contributed by atoms with Crippen molar-refractivity contribution in [3.05, 3.63) is 30.6 Å². The second-order valence-electron chi connectivity index (χ2n) is 9.29. The highest BCUT2D eigenvalue weighted by molar-refractivity contribution is 5.84. The summed E-state index contributed by atoms with van der Waals surface area (Å²) in [6.45, 7) is 8.48. The fourth-order valence-electron chi connectivity index (χ4n) is 3.68. The van der Waals surface area contributed by atoms with Crippen LogP contribution >= 0.6 is 0 Å². The van der Waals surface area contributed by atoms with Gasteiger partial charge in [0.25, 0.3) is 0 Å². The summed E-state index contributed by atoms with van der Waals surface area (Å²) < 4.78 is 21.5. The Bertz CT molecular complexity index is 996. The molecule has 0 aromatic carbocycles. The van der Waals surface area contributed by atoms with E-state index in [2.05, 4.69) is 33.9 Å². The molecule has 0 saturated heterocycles. The Balaban J connectivity index is 2.12. The van der Waals surface area contributed by atoms with Crippen molar-refractivity contribution in [2.45, 2.75) is 52.6 Å². The van der Waals surface area contributed by atoms with Gasteiger partial charge in [-0.3, -0.25) is 10.3 Å². The lowest BCUT2D eigenvalue weighted by Crippen LogP contribution is -2.32. The number of ether oxygens (including phenoxy) is 4. The molecular formula is C25H36N4O6. The Labute approximate surface area is 206 Å². The lowest BCUT2D eigenvalue weighted by atomic mass is 9.89. The average molecular weight is 489 g/mol. The van der Waals surface area contributed by atoms with E-state index in [1.54, 1.807) is 37.7 Å². The van der Waals surface area contributed by atoms with Crippen molar-refractivity contribution in [1.82, 2.24) is 9.97 Å². The molecule has 2 heterocycles. The van der Waals surface area contributed by atoms with Gasteiger partial charge in [-0.15, -0.1) is 0 Å². The van der Waals surface area contributed by atoms with E-state index in [1.807, 2.05) is 13.8 Å². The number of nitrogens with one attached hydrogen (secondary N) is 1. The van der Waals surface area contributed by atoms with Crippen LogP contribution in [-0.2, 0) is 9.47 Å². The number of carbonyl (C=O) groups excluding carboxylic acids is 2. The zero-order valence-electron chi connectivity index (χ0n) is 21.3. The van der Waals surface area contributed by atoms with Crippen molar-refractivity contribution >= 4 is 18.0 Å². The van der Waals surface area contributed by atoms with Crippen molar-refractivity contribution in [1.29, 1.82) is 0 Å². The Hall–Kier alpha value is -3.56. The van der Waals surface area contributed by atoms with Crippen LogP contribution in [0.4, 0.5) is 15.4 Å². The number of nitrogens with two attached hydrogens (primary N) is 1. The van der Waals surface area contributed by atoms with Crippen LogP contribution in [0.15, 0.2) is 30.6 Å². The molecule has 0 radical (unpaired) electrons. The molecule has 1 unspecified atom stereocenters. The van der Waals surface area contributed by atoms with E-state index >= 15 is 0 Å². The van der Waals surface area contributed by atoms with Crippen LogP contribution in [0.3, 0.4) is 0 Å². The summed E-state index contributed by atoms with van der Waals surface area (Å²) in [5, 5.41) is 2.53. The molecule has 10 nitrogen and oxygen atoms in total. The Morgan fingerprint density at radius 3 is 2.51 bits per heavy atom. The number of hydrogen-bond donors (Lipinski definition) is 2. The summed E-state index contributed by atoms with van der Waals surface area (Å²) >= 11 is 0. The van der Waals surface area contributed by atoms with Crippen LogP contribution < -0.4 is 20.5 Å². The number of anilines is 1. The zero-order chi connectivity index (χ0) is 26.0. The van der Waals surface area contributed by atoms with Crippen molar-refractivity contribution in [2.75, 3.05) is 26.1 Å².